The van der Waals surface area contributed by atoms with Crippen LogP contribution in [0.25, 0.3) is 0 Å². The average molecular weight is 273 g/mol. The molecule has 0 aromatic heterocycles. The minimum absolute atomic E-state index is 0.0547. The SMILES string of the molecule is O=C(O)CC#Cc1ccc(C(F)(F)F)c([N+](=O)[O-])c1. The first kappa shape index (κ1) is 14.5. The first-order valence-electron chi connectivity index (χ1n) is 4.78. The van der Waals surface area contributed by atoms with E-state index in [0.29, 0.717) is 12.1 Å². The molecule has 0 saturated carbocycles. The van der Waals surface area contributed by atoms with Gasteiger partial charge in [0.05, 0.1) is 4.92 Å². The van der Waals surface area contributed by atoms with Crippen LogP contribution in [0.2, 0.25) is 0 Å². The lowest BCUT2D eigenvalue weighted by Crippen LogP contribution is -2.08. The van der Waals surface area contributed by atoms with Crippen LogP contribution < -0.4 is 0 Å². The minimum atomic E-state index is -4.84. The topological polar surface area (TPSA) is 80.4 Å². The number of halogens is 3. The fraction of sp³-hybridized carbons (Fsp3) is 0.182. The molecule has 0 amide bonds. The number of nitrogens with zero attached hydrogens (tertiary/aromatic N) is 1. The van der Waals surface area contributed by atoms with Crippen LogP contribution >= 0.6 is 0 Å². The molecular weight excluding hydrogens is 267 g/mol. The third kappa shape index (κ3) is 3.99. The molecule has 0 spiro atoms. The van der Waals surface area contributed by atoms with Gasteiger partial charge in [0, 0.05) is 11.6 Å². The van der Waals surface area contributed by atoms with E-state index in [9.17, 15) is 28.1 Å². The van der Waals surface area contributed by atoms with Gasteiger partial charge in [-0.25, -0.2) is 0 Å². The molecule has 0 bridgehead atoms. The number of rotatable bonds is 2. The van der Waals surface area contributed by atoms with E-state index >= 15 is 0 Å². The van der Waals surface area contributed by atoms with Gasteiger partial charge in [-0.15, -0.1) is 0 Å². The Bertz CT molecular complexity index is 584. The molecule has 19 heavy (non-hydrogen) atoms. The molecule has 1 rings (SSSR count). The second kappa shape index (κ2) is 5.39. The summed E-state index contributed by atoms with van der Waals surface area (Å²) in [6.07, 6.45) is -5.34. The van der Waals surface area contributed by atoms with Gasteiger partial charge in [0.2, 0.25) is 0 Å². The maximum absolute atomic E-state index is 12.5. The van der Waals surface area contributed by atoms with E-state index in [0.717, 1.165) is 6.07 Å². The Morgan fingerprint density at radius 1 is 1.42 bits per heavy atom. The van der Waals surface area contributed by atoms with Crippen molar-refractivity contribution in [2.45, 2.75) is 12.6 Å². The number of carbonyl (C=O) groups is 1. The van der Waals surface area contributed by atoms with Gasteiger partial charge in [-0.05, 0) is 12.1 Å². The van der Waals surface area contributed by atoms with Gasteiger partial charge < -0.3 is 5.11 Å². The van der Waals surface area contributed by atoms with E-state index in [2.05, 4.69) is 11.8 Å². The standard InChI is InChI=1S/C11H6F3NO4/c12-11(13,14)8-5-4-7(2-1-3-10(16)17)6-9(8)15(18)19/h4-6H,3H2,(H,16,17). The molecule has 0 aliphatic rings. The molecule has 1 aromatic rings. The monoisotopic (exact) mass is 273 g/mol. The summed E-state index contributed by atoms with van der Waals surface area (Å²) in [4.78, 5) is 19.6. The van der Waals surface area contributed by atoms with Crippen LogP contribution in [0.3, 0.4) is 0 Å². The third-order valence-electron chi connectivity index (χ3n) is 1.97. The quantitative estimate of drug-likeness (QED) is 0.509. The fourth-order valence-electron chi connectivity index (χ4n) is 1.22. The predicted molar refractivity (Wildman–Crippen MR) is 57.2 cm³/mol. The summed E-state index contributed by atoms with van der Waals surface area (Å²) < 4.78 is 37.4. The molecule has 100 valence electrons. The Hall–Kier alpha value is -2.56. The molecule has 0 heterocycles. The number of carboxylic acid groups (broad SMARTS) is 1. The Morgan fingerprint density at radius 3 is 2.53 bits per heavy atom. The van der Waals surface area contributed by atoms with Gasteiger partial charge >= 0.3 is 12.1 Å². The van der Waals surface area contributed by atoms with Crippen molar-refractivity contribution in [3.05, 3.63) is 39.4 Å². The van der Waals surface area contributed by atoms with Gasteiger partial charge in [0.25, 0.3) is 5.69 Å². The molecule has 1 N–H and O–H groups in total. The zero-order chi connectivity index (χ0) is 14.6. The number of hydrogen-bond donors (Lipinski definition) is 1. The third-order valence-corrected chi connectivity index (χ3v) is 1.97. The zero-order valence-electron chi connectivity index (χ0n) is 9.19. The van der Waals surface area contributed by atoms with E-state index in [4.69, 9.17) is 5.11 Å². The van der Waals surface area contributed by atoms with Crippen LogP contribution in [0.5, 0.6) is 0 Å². The van der Waals surface area contributed by atoms with Gasteiger partial charge in [-0.1, -0.05) is 11.8 Å². The summed E-state index contributed by atoms with van der Waals surface area (Å²) in [5.41, 5.74) is -2.54. The maximum atomic E-state index is 12.5. The van der Waals surface area contributed by atoms with E-state index in [1.54, 1.807) is 0 Å². The van der Waals surface area contributed by atoms with Crippen molar-refractivity contribution in [3.63, 3.8) is 0 Å². The number of aliphatic carboxylic acids is 1. The molecule has 0 fully saturated rings. The number of alkyl halides is 3. The number of carboxylic acids is 1. The molecule has 0 radical (unpaired) electrons. The highest BCUT2D eigenvalue weighted by atomic mass is 19.4. The first-order chi connectivity index (χ1) is 8.71. The van der Waals surface area contributed by atoms with Crippen molar-refractivity contribution < 1.29 is 28.0 Å². The molecular formula is C11H6F3NO4. The van der Waals surface area contributed by atoms with Gasteiger partial charge in [-0.2, -0.15) is 13.2 Å². The van der Waals surface area contributed by atoms with Crippen LogP contribution in [0.4, 0.5) is 18.9 Å². The lowest BCUT2D eigenvalue weighted by Gasteiger charge is -2.07. The molecule has 1 aromatic carbocycles. The maximum Gasteiger partial charge on any atom is 0.422 e. The Kier molecular flexibility index (Phi) is 4.11. The number of hydrogen-bond acceptors (Lipinski definition) is 3. The summed E-state index contributed by atoms with van der Waals surface area (Å²) >= 11 is 0. The van der Waals surface area contributed by atoms with Crippen LogP contribution in [-0.2, 0) is 11.0 Å². The summed E-state index contributed by atoms with van der Waals surface area (Å²) in [7, 11) is 0. The van der Waals surface area contributed by atoms with E-state index < -0.39 is 34.7 Å². The van der Waals surface area contributed by atoms with Crippen molar-refractivity contribution in [2.75, 3.05) is 0 Å². The molecule has 8 heteroatoms. The van der Waals surface area contributed by atoms with Gasteiger partial charge in [-0.3, -0.25) is 14.9 Å². The first-order valence-corrected chi connectivity index (χ1v) is 4.78. The van der Waals surface area contributed by atoms with Crippen molar-refractivity contribution >= 4 is 11.7 Å². The van der Waals surface area contributed by atoms with Crippen molar-refractivity contribution in [1.82, 2.24) is 0 Å². The fourth-order valence-corrected chi connectivity index (χ4v) is 1.22. The average Bonchev–Trinajstić information content (AvgIpc) is 2.26. The molecule has 0 unspecified atom stereocenters. The number of nitro groups is 1. The Labute approximate surface area is 104 Å². The predicted octanol–water partition coefficient (Wildman–Crippen LogP) is 2.44. The van der Waals surface area contributed by atoms with E-state index in [1.165, 1.54) is 0 Å². The van der Waals surface area contributed by atoms with Crippen LogP contribution in [-0.4, -0.2) is 16.0 Å². The molecule has 5 nitrogen and oxygen atoms in total. The summed E-state index contributed by atoms with van der Waals surface area (Å²) in [5, 5.41) is 18.9. The van der Waals surface area contributed by atoms with Crippen LogP contribution in [0, 0.1) is 22.0 Å². The highest BCUT2D eigenvalue weighted by Gasteiger charge is 2.38. The zero-order valence-corrected chi connectivity index (χ0v) is 9.19. The number of nitro benzene ring substituents is 1. The second-order valence-corrected chi connectivity index (χ2v) is 3.36. The molecule has 0 aliphatic carbocycles. The van der Waals surface area contributed by atoms with E-state index in [-0.39, 0.29) is 5.56 Å². The van der Waals surface area contributed by atoms with Crippen LogP contribution in [0.15, 0.2) is 18.2 Å². The van der Waals surface area contributed by atoms with Crippen molar-refractivity contribution in [3.8, 4) is 11.8 Å². The molecule has 0 atom stereocenters. The normalized spacial score (nSPS) is 10.5. The second-order valence-electron chi connectivity index (χ2n) is 3.36. The highest BCUT2D eigenvalue weighted by molar-refractivity contribution is 5.70. The molecule has 0 aliphatic heterocycles. The largest absolute Gasteiger partial charge is 0.481 e. The van der Waals surface area contributed by atoms with Crippen LogP contribution in [0.1, 0.15) is 17.5 Å². The highest BCUT2D eigenvalue weighted by Crippen LogP contribution is 2.36. The Morgan fingerprint density at radius 2 is 2.05 bits per heavy atom. The smallest absolute Gasteiger partial charge is 0.422 e. The summed E-state index contributed by atoms with van der Waals surface area (Å²) in [5.74, 6) is 3.22. The number of benzene rings is 1. The lowest BCUT2D eigenvalue weighted by molar-refractivity contribution is -0.388. The van der Waals surface area contributed by atoms with E-state index in [1.807, 2.05) is 0 Å². The Balaban J connectivity index is 3.20. The summed E-state index contributed by atoms with van der Waals surface area (Å²) in [6.45, 7) is 0. The van der Waals surface area contributed by atoms with Gasteiger partial charge in [0.1, 0.15) is 12.0 Å². The summed E-state index contributed by atoms with van der Waals surface area (Å²) in [6, 6.07) is 2.16. The molecule has 0 saturated heterocycles. The van der Waals surface area contributed by atoms with Crippen molar-refractivity contribution in [2.24, 2.45) is 0 Å². The van der Waals surface area contributed by atoms with Crippen molar-refractivity contribution in [1.29, 1.82) is 0 Å². The lowest BCUT2D eigenvalue weighted by atomic mass is 10.1. The van der Waals surface area contributed by atoms with Gasteiger partial charge in [0.15, 0.2) is 0 Å². The minimum Gasteiger partial charge on any atom is -0.481 e.